The predicted molar refractivity (Wildman–Crippen MR) is 85.9 cm³/mol. The fraction of sp³-hybridized carbons (Fsp3) is 0.375. The predicted octanol–water partition coefficient (Wildman–Crippen LogP) is 2.39. The van der Waals surface area contributed by atoms with Gasteiger partial charge in [-0.1, -0.05) is 17.7 Å². The van der Waals surface area contributed by atoms with Crippen LogP contribution in [0.25, 0.3) is 0 Å². The molecule has 1 N–H and O–H groups in total. The molecule has 0 saturated carbocycles. The number of likely N-dealkylation sites (tertiary alicyclic amines) is 1. The normalized spacial score (nSPS) is 21.6. The second kappa shape index (κ2) is 6.29. The van der Waals surface area contributed by atoms with Crippen LogP contribution in [-0.4, -0.2) is 40.2 Å². The number of likely N-dealkylation sites (N-methyl/N-ethyl adjacent to an activating group) is 1. The minimum atomic E-state index is -0.443. The lowest BCUT2D eigenvalue weighted by atomic mass is 10.00. The Bertz CT molecular complexity index is 733. The molecule has 23 heavy (non-hydrogen) atoms. The van der Waals surface area contributed by atoms with E-state index in [2.05, 4.69) is 15.3 Å². The zero-order valence-corrected chi connectivity index (χ0v) is 13.7. The number of rotatable bonds is 3. The molecule has 122 valence electrons. The molecular formula is C16H18ClFN4O. The summed E-state index contributed by atoms with van der Waals surface area (Å²) in [5.74, 6) is -0.611. The number of halogens is 2. The third-order valence-corrected chi connectivity index (χ3v) is 4.52. The molecule has 5 nitrogen and oxygen atoms in total. The molecule has 7 heteroatoms. The largest absolute Gasteiger partial charge is 0.347 e. The third kappa shape index (κ3) is 3.23. The van der Waals surface area contributed by atoms with Gasteiger partial charge in [0.15, 0.2) is 0 Å². The maximum absolute atomic E-state index is 13.8. The lowest BCUT2D eigenvalue weighted by Crippen LogP contribution is -2.38. The van der Waals surface area contributed by atoms with E-state index in [1.165, 1.54) is 12.3 Å². The molecule has 0 radical (unpaired) electrons. The average Bonchev–Trinajstić information content (AvgIpc) is 3.09. The van der Waals surface area contributed by atoms with E-state index in [-0.39, 0.29) is 23.0 Å². The van der Waals surface area contributed by atoms with E-state index < -0.39 is 5.82 Å². The monoisotopic (exact) mass is 336 g/mol. The zero-order valence-electron chi connectivity index (χ0n) is 13.0. The number of carbonyl (C=O) groups excluding carboxylic acids is 1. The van der Waals surface area contributed by atoms with Crippen molar-refractivity contribution in [3.05, 3.63) is 52.6 Å². The van der Waals surface area contributed by atoms with Gasteiger partial charge < -0.3 is 5.32 Å². The molecule has 0 aliphatic carbocycles. The summed E-state index contributed by atoms with van der Waals surface area (Å²) >= 11 is 5.76. The highest BCUT2D eigenvalue weighted by Crippen LogP contribution is 2.32. The van der Waals surface area contributed by atoms with E-state index in [4.69, 9.17) is 11.6 Å². The van der Waals surface area contributed by atoms with Gasteiger partial charge in [0.2, 0.25) is 0 Å². The van der Waals surface area contributed by atoms with Gasteiger partial charge in [0.05, 0.1) is 28.9 Å². The molecule has 1 saturated heterocycles. The van der Waals surface area contributed by atoms with Crippen molar-refractivity contribution in [3.63, 3.8) is 0 Å². The maximum Gasteiger partial charge on any atom is 0.254 e. The molecule has 2 heterocycles. The molecule has 2 atom stereocenters. The van der Waals surface area contributed by atoms with Crippen LogP contribution >= 0.6 is 11.6 Å². The Morgan fingerprint density at radius 1 is 1.43 bits per heavy atom. The van der Waals surface area contributed by atoms with Crippen LogP contribution in [0.2, 0.25) is 5.02 Å². The first-order valence-corrected chi connectivity index (χ1v) is 7.78. The van der Waals surface area contributed by atoms with Gasteiger partial charge in [0.25, 0.3) is 5.91 Å². The summed E-state index contributed by atoms with van der Waals surface area (Å²) in [6.45, 7) is 0.826. The molecule has 2 aromatic rings. The van der Waals surface area contributed by atoms with E-state index in [1.807, 2.05) is 7.05 Å². The van der Waals surface area contributed by atoms with Crippen molar-refractivity contribution in [2.45, 2.75) is 18.5 Å². The van der Waals surface area contributed by atoms with Crippen LogP contribution in [0.3, 0.4) is 0 Å². The van der Waals surface area contributed by atoms with Crippen LogP contribution in [0.15, 0.2) is 30.6 Å². The van der Waals surface area contributed by atoms with Crippen LogP contribution < -0.4 is 5.32 Å². The van der Waals surface area contributed by atoms with E-state index in [1.54, 1.807) is 30.1 Å². The first-order chi connectivity index (χ1) is 11.0. The summed E-state index contributed by atoms with van der Waals surface area (Å²) in [6, 6.07) is 4.63. The van der Waals surface area contributed by atoms with Gasteiger partial charge in [-0.2, -0.15) is 5.10 Å². The summed E-state index contributed by atoms with van der Waals surface area (Å²) < 4.78 is 15.4. The number of amides is 1. The Balaban J connectivity index is 1.80. The molecule has 1 aromatic carbocycles. The number of benzene rings is 1. The number of nitrogens with zero attached hydrogens (tertiary/aromatic N) is 3. The van der Waals surface area contributed by atoms with Crippen molar-refractivity contribution in [3.8, 4) is 0 Å². The topological polar surface area (TPSA) is 50.2 Å². The summed E-state index contributed by atoms with van der Waals surface area (Å²) in [7, 11) is 3.73. The van der Waals surface area contributed by atoms with Crippen LogP contribution in [0.1, 0.15) is 28.4 Å². The molecule has 1 amide bonds. The Labute approximate surface area is 139 Å². The van der Waals surface area contributed by atoms with Gasteiger partial charge in [-0.25, -0.2) is 4.39 Å². The van der Waals surface area contributed by atoms with Crippen molar-refractivity contribution in [2.24, 2.45) is 7.05 Å². The second-order valence-corrected chi connectivity index (χ2v) is 6.28. The minimum absolute atomic E-state index is 0.0811. The van der Waals surface area contributed by atoms with Gasteiger partial charge in [-0.05, 0) is 31.2 Å². The van der Waals surface area contributed by atoms with Crippen molar-refractivity contribution in [1.82, 2.24) is 20.0 Å². The van der Waals surface area contributed by atoms with Crippen molar-refractivity contribution in [1.29, 1.82) is 0 Å². The fourth-order valence-corrected chi connectivity index (χ4v) is 3.19. The zero-order chi connectivity index (χ0) is 16.6. The molecule has 0 bridgehead atoms. The Hall–Kier alpha value is -1.92. The van der Waals surface area contributed by atoms with Gasteiger partial charge in [0, 0.05) is 19.8 Å². The van der Waals surface area contributed by atoms with Crippen LogP contribution in [0, 0.1) is 5.82 Å². The highest BCUT2D eigenvalue weighted by molar-refractivity contribution is 6.30. The minimum Gasteiger partial charge on any atom is -0.347 e. The number of nitrogens with one attached hydrogen (secondary N) is 1. The van der Waals surface area contributed by atoms with Gasteiger partial charge in [0.1, 0.15) is 5.82 Å². The van der Waals surface area contributed by atoms with E-state index >= 15 is 0 Å². The van der Waals surface area contributed by atoms with Crippen LogP contribution in [0.5, 0.6) is 0 Å². The van der Waals surface area contributed by atoms with E-state index in [9.17, 15) is 9.18 Å². The Kier molecular flexibility index (Phi) is 4.37. The molecule has 3 rings (SSSR count). The second-order valence-electron chi connectivity index (χ2n) is 5.87. The Morgan fingerprint density at radius 2 is 2.22 bits per heavy atom. The summed E-state index contributed by atoms with van der Waals surface area (Å²) in [4.78, 5) is 14.4. The standard InChI is InChI=1S/C16H18ClFN4O/c1-21-6-5-14(20-16(23)11-8-19-22(2)9-11)15(21)10-3-4-12(17)13(18)7-10/h3-4,7-9,14-15H,5-6H2,1-2H3,(H,20,23)/t14-,15+/m1/s1. The van der Waals surface area contributed by atoms with Gasteiger partial charge in [-0.3, -0.25) is 14.4 Å². The van der Waals surface area contributed by atoms with E-state index in [0.717, 1.165) is 18.5 Å². The van der Waals surface area contributed by atoms with Crippen molar-refractivity contribution in [2.75, 3.05) is 13.6 Å². The molecule has 0 unspecified atom stereocenters. The summed E-state index contributed by atoms with van der Waals surface area (Å²) in [6.07, 6.45) is 4.01. The highest BCUT2D eigenvalue weighted by atomic mass is 35.5. The van der Waals surface area contributed by atoms with Crippen LogP contribution in [0.4, 0.5) is 4.39 Å². The molecular weight excluding hydrogens is 319 g/mol. The lowest BCUT2D eigenvalue weighted by Gasteiger charge is -2.26. The smallest absolute Gasteiger partial charge is 0.254 e. The first-order valence-electron chi connectivity index (χ1n) is 7.40. The Morgan fingerprint density at radius 3 is 2.87 bits per heavy atom. The quantitative estimate of drug-likeness (QED) is 0.936. The van der Waals surface area contributed by atoms with Gasteiger partial charge >= 0.3 is 0 Å². The van der Waals surface area contributed by atoms with Gasteiger partial charge in [-0.15, -0.1) is 0 Å². The fourth-order valence-electron chi connectivity index (χ4n) is 3.07. The number of hydrogen-bond acceptors (Lipinski definition) is 3. The number of hydrogen-bond donors (Lipinski definition) is 1. The van der Waals surface area contributed by atoms with E-state index in [0.29, 0.717) is 5.56 Å². The number of aromatic nitrogens is 2. The third-order valence-electron chi connectivity index (χ3n) is 4.22. The molecule has 1 aromatic heterocycles. The molecule has 1 aliphatic heterocycles. The number of aryl methyl sites for hydroxylation is 1. The van der Waals surface area contributed by atoms with Crippen molar-refractivity contribution < 1.29 is 9.18 Å². The first kappa shape index (κ1) is 16.0. The summed E-state index contributed by atoms with van der Waals surface area (Å²) in [5, 5.41) is 7.14. The maximum atomic E-state index is 13.8. The van der Waals surface area contributed by atoms with Crippen LogP contribution in [-0.2, 0) is 7.05 Å². The highest BCUT2D eigenvalue weighted by Gasteiger charge is 2.34. The number of carbonyl (C=O) groups is 1. The molecule has 1 fully saturated rings. The van der Waals surface area contributed by atoms with Crippen molar-refractivity contribution >= 4 is 17.5 Å². The average molecular weight is 337 g/mol. The lowest BCUT2D eigenvalue weighted by molar-refractivity contribution is 0.0927. The SMILES string of the molecule is CN1CC[C@@H](NC(=O)c2cnn(C)c2)[C@@H]1c1ccc(Cl)c(F)c1. The summed E-state index contributed by atoms with van der Waals surface area (Å²) in [5.41, 5.74) is 1.33. The molecule has 1 aliphatic rings. The molecule has 0 spiro atoms.